The van der Waals surface area contributed by atoms with E-state index in [0.717, 1.165) is 24.3 Å². The third-order valence-corrected chi connectivity index (χ3v) is 4.63. The van der Waals surface area contributed by atoms with E-state index in [-0.39, 0.29) is 6.03 Å². The number of nitrogens with zero attached hydrogens (tertiary/aromatic N) is 2. The van der Waals surface area contributed by atoms with Gasteiger partial charge in [-0.3, -0.25) is 4.68 Å². The highest BCUT2D eigenvalue weighted by Gasteiger charge is 2.14. The molecule has 2 N–H and O–H groups in total. The molecule has 2 amide bonds. The maximum absolute atomic E-state index is 11.7. The minimum atomic E-state index is -0.121. The van der Waals surface area contributed by atoms with Gasteiger partial charge in [0.15, 0.2) is 0 Å². The second-order valence-corrected chi connectivity index (χ2v) is 6.27. The molecule has 0 saturated carbocycles. The Labute approximate surface area is 128 Å². The van der Waals surface area contributed by atoms with Gasteiger partial charge in [0, 0.05) is 17.1 Å². The van der Waals surface area contributed by atoms with Crippen molar-refractivity contribution in [3.8, 4) is 0 Å². The number of amides is 2. The van der Waals surface area contributed by atoms with Gasteiger partial charge < -0.3 is 10.6 Å². The summed E-state index contributed by atoms with van der Waals surface area (Å²) >= 11 is 1.65. The summed E-state index contributed by atoms with van der Waals surface area (Å²) in [5.74, 6) is 0. The molecular weight excluding hydrogens is 284 g/mol. The molecule has 1 aliphatic carbocycles. The zero-order chi connectivity index (χ0) is 14.5. The summed E-state index contributed by atoms with van der Waals surface area (Å²) in [6, 6.07) is 3.88. The highest BCUT2D eigenvalue weighted by atomic mass is 32.1. The van der Waals surface area contributed by atoms with Crippen molar-refractivity contribution in [1.82, 2.24) is 20.4 Å². The average molecular weight is 304 g/mol. The van der Waals surface area contributed by atoms with Gasteiger partial charge in [0.2, 0.25) is 0 Å². The summed E-state index contributed by atoms with van der Waals surface area (Å²) in [4.78, 5) is 12.9. The Bertz CT molecular complexity index is 591. The lowest BCUT2D eigenvalue weighted by atomic mass is 9.98. The third kappa shape index (κ3) is 3.64. The van der Waals surface area contributed by atoms with Crippen molar-refractivity contribution in [3.63, 3.8) is 0 Å². The molecule has 0 bridgehead atoms. The molecule has 21 heavy (non-hydrogen) atoms. The fourth-order valence-electron chi connectivity index (χ4n) is 2.67. The molecule has 1 aliphatic rings. The Kier molecular flexibility index (Phi) is 4.55. The molecule has 3 rings (SSSR count). The van der Waals surface area contributed by atoms with Gasteiger partial charge in [-0.2, -0.15) is 5.10 Å². The van der Waals surface area contributed by atoms with E-state index in [2.05, 4.69) is 15.7 Å². The van der Waals surface area contributed by atoms with E-state index in [4.69, 9.17) is 0 Å². The minimum Gasteiger partial charge on any atom is -0.336 e. The van der Waals surface area contributed by atoms with Crippen LogP contribution in [0, 0.1) is 0 Å². The van der Waals surface area contributed by atoms with Crippen molar-refractivity contribution in [3.05, 3.63) is 39.8 Å². The first-order chi connectivity index (χ1) is 10.3. The van der Waals surface area contributed by atoms with Gasteiger partial charge in [-0.05, 0) is 42.7 Å². The highest BCUT2D eigenvalue weighted by molar-refractivity contribution is 7.09. The summed E-state index contributed by atoms with van der Waals surface area (Å²) < 4.78 is 2.04. The molecule has 0 aliphatic heterocycles. The lowest BCUT2D eigenvalue weighted by Crippen LogP contribution is -2.36. The molecular formula is C15H20N4OS. The third-order valence-electron chi connectivity index (χ3n) is 3.76. The number of aromatic nitrogens is 2. The lowest BCUT2D eigenvalue weighted by Gasteiger charge is -2.14. The molecule has 6 heteroatoms. The summed E-state index contributed by atoms with van der Waals surface area (Å²) in [6.45, 7) is 1.92. The van der Waals surface area contributed by atoms with Crippen LogP contribution in [0.1, 0.15) is 29.0 Å². The van der Waals surface area contributed by atoms with E-state index in [1.54, 1.807) is 11.3 Å². The van der Waals surface area contributed by atoms with Crippen LogP contribution >= 0.6 is 11.3 Å². The molecule has 0 spiro atoms. The average Bonchev–Trinajstić information content (AvgIpc) is 3.15. The number of nitrogens with one attached hydrogen (secondary N) is 2. The number of fused-ring (bicyclic) bond motifs is 1. The van der Waals surface area contributed by atoms with E-state index >= 15 is 0 Å². The normalized spacial score (nSPS) is 13.7. The molecule has 0 radical (unpaired) electrons. The van der Waals surface area contributed by atoms with Crippen LogP contribution in [0.25, 0.3) is 0 Å². The van der Waals surface area contributed by atoms with Crippen molar-refractivity contribution in [2.45, 2.75) is 38.8 Å². The molecule has 0 saturated heterocycles. The summed E-state index contributed by atoms with van der Waals surface area (Å²) in [5.41, 5.74) is 2.73. The maximum atomic E-state index is 11.7. The van der Waals surface area contributed by atoms with Crippen molar-refractivity contribution >= 4 is 17.4 Å². The fraction of sp³-hybridized carbons (Fsp3) is 0.467. The van der Waals surface area contributed by atoms with Crippen LogP contribution in [-0.2, 0) is 25.9 Å². The number of thiophene rings is 1. The van der Waals surface area contributed by atoms with E-state index in [9.17, 15) is 4.79 Å². The van der Waals surface area contributed by atoms with Crippen LogP contribution in [-0.4, -0.2) is 22.4 Å². The Balaban J connectivity index is 1.41. The van der Waals surface area contributed by atoms with Crippen LogP contribution in [0.3, 0.4) is 0 Å². The first-order valence-corrected chi connectivity index (χ1v) is 8.28. The van der Waals surface area contributed by atoms with E-state index in [0.29, 0.717) is 13.1 Å². The van der Waals surface area contributed by atoms with Crippen LogP contribution in [0.15, 0.2) is 23.7 Å². The number of hydrogen-bond donors (Lipinski definition) is 2. The van der Waals surface area contributed by atoms with Gasteiger partial charge in [0.05, 0.1) is 19.3 Å². The van der Waals surface area contributed by atoms with Crippen molar-refractivity contribution in [1.29, 1.82) is 0 Å². The summed E-state index contributed by atoms with van der Waals surface area (Å²) in [6.07, 6.45) is 6.74. The predicted molar refractivity (Wildman–Crippen MR) is 83.4 cm³/mol. The zero-order valence-electron chi connectivity index (χ0n) is 12.0. The molecule has 0 fully saturated rings. The molecule has 0 aromatic carbocycles. The van der Waals surface area contributed by atoms with Crippen molar-refractivity contribution in [2.24, 2.45) is 0 Å². The van der Waals surface area contributed by atoms with E-state index in [1.165, 1.54) is 24.1 Å². The van der Waals surface area contributed by atoms with Gasteiger partial charge in [0.1, 0.15) is 0 Å². The zero-order valence-corrected chi connectivity index (χ0v) is 12.8. The predicted octanol–water partition coefficient (Wildman–Crippen LogP) is 2.32. The van der Waals surface area contributed by atoms with Crippen LogP contribution in [0.4, 0.5) is 4.79 Å². The Hall–Kier alpha value is -1.82. The van der Waals surface area contributed by atoms with E-state index < -0.39 is 0 Å². The van der Waals surface area contributed by atoms with Crippen LogP contribution in [0.5, 0.6) is 0 Å². The quantitative estimate of drug-likeness (QED) is 0.890. The first-order valence-electron chi connectivity index (χ1n) is 7.40. The van der Waals surface area contributed by atoms with Gasteiger partial charge >= 0.3 is 6.03 Å². The minimum absolute atomic E-state index is 0.121. The largest absolute Gasteiger partial charge is 0.336 e. The molecule has 2 aromatic rings. The van der Waals surface area contributed by atoms with Crippen molar-refractivity contribution in [2.75, 3.05) is 6.54 Å². The number of rotatable bonds is 5. The number of aryl methyl sites for hydroxylation is 1. The fourth-order valence-corrected chi connectivity index (χ4v) is 3.31. The van der Waals surface area contributed by atoms with Gasteiger partial charge in [-0.15, -0.1) is 11.3 Å². The Morgan fingerprint density at radius 1 is 1.33 bits per heavy atom. The first kappa shape index (κ1) is 14.1. The standard InChI is InChI=1S/C15H20N4OS/c20-15(17-11-13-5-3-9-21-13)16-7-8-19-14-6-2-1-4-12(14)10-18-19/h3,5,9-10H,1-2,4,6-8,11H2,(H2,16,17,20). The molecule has 0 unspecified atom stereocenters. The van der Waals surface area contributed by atoms with Gasteiger partial charge in [-0.1, -0.05) is 6.07 Å². The molecule has 2 aromatic heterocycles. The summed E-state index contributed by atoms with van der Waals surface area (Å²) in [7, 11) is 0. The van der Waals surface area contributed by atoms with E-state index in [1.807, 2.05) is 28.4 Å². The number of hydrogen-bond acceptors (Lipinski definition) is 3. The number of urea groups is 1. The molecule has 112 valence electrons. The SMILES string of the molecule is O=C(NCCn1ncc2c1CCCC2)NCc1cccs1. The molecule has 5 nitrogen and oxygen atoms in total. The lowest BCUT2D eigenvalue weighted by molar-refractivity contribution is 0.240. The topological polar surface area (TPSA) is 59.0 Å². The molecule has 0 atom stereocenters. The highest BCUT2D eigenvalue weighted by Crippen LogP contribution is 2.20. The van der Waals surface area contributed by atoms with Gasteiger partial charge in [-0.25, -0.2) is 4.79 Å². The van der Waals surface area contributed by atoms with Crippen LogP contribution < -0.4 is 10.6 Å². The monoisotopic (exact) mass is 304 g/mol. The summed E-state index contributed by atoms with van der Waals surface area (Å²) in [5, 5.41) is 12.2. The number of carbonyl (C=O) groups is 1. The van der Waals surface area contributed by atoms with Crippen LogP contribution in [0.2, 0.25) is 0 Å². The Morgan fingerprint density at radius 3 is 3.10 bits per heavy atom. The Morgan fingerprint density at radius 2 is 2.24 bits per heavy atom. The smallest absolute Gasteiger partial charge is 0.315 e. The van der Waals surface area contributed by atoms with Gasteiger partial charge in [0.25, 0.3) is 0 Å². The number of carbonyl (C=O) groups excluding carboxylic acids is 1. The second kappa shape index (κ2) is 6.76. The second-order valence-electron chi connectivity index (χ2n) is 5.24. The van der Waals surface area contributed by atoms with Crippen molar-refractivity contribution < 1.29 is 4.79 Å². The molecule has 2 heterocycles. The maximum Gasteiger partial charge on any atom is 0.315 e.